The summed E-state index contributed by atoms with van der Waals surface area (Å²) in [5.41, 5.74) is 1.38. The molecule has 1 fully saturated rings. The molecule has 0 aromatic heterocycles. The van der Waals surface area contributed by atoms with Crippen LogP contribution in [0.5, 0.6) is 0 Å². The van der Waals surface area contributed by atoms with E-state index in [0.29, 0.717) is 30.0 Å². The number of halogens is 1. The molecule has 0 aliphatic carbocycles. The number of nitrogens with zero attached hydrogens (tertiary/aromatic N) is 1. The summed E-state index contributed by atoms with van der Waals surface area (Å²) in [6.07, 6.45) is 5.02. The Morgan fingerprint density at radius 1 is 1.46 bits per heavy atom. The van der Waals surface area contributed by atoms with Crippen molar-refractivity contribution in [3.05, 3.63) is 47.0 Å². The number of benzene rings is 1. The van der Waals surface area contributed by atoms with Crippen molar-refractivity contribution in [3.63, 3.8) is 0 Å². The Morgan fingerprint density at radius 3 is 2.81 bits per heavy atom. The molecule has 1 aromatic rings. The maximum Gasteiger partial charge on any atom is 0.303 e. The van der Waals surface area contributed by atoms with Crippen molar-refractivity contribution in [2.45, 2.75) is 56.7 Å². The summed E-state index contributed by atoms with van der Waals surface area (Å²) in [5.74, 6) is -0.856. The van der Waals surface area contributed by atoms with Crippen LogP contribution in [-0.4, -0.2) is 36.4 Å². The third-order valence-electron chi connectivity index (χ3n) is 4.92. The third kappa shape index (κ3) is 4.67. The number of sulfonamides is 1. The van der Waals surface area contributed by atoms with Gasteiger partial charge in [-0.05, 0) is 49.8 Å². The predicted octanol–water partition coefficient (Wildman–Crippen LogP) is 4.31. The molecule has 0 spiro atoms. The van der Waals surface area contributed by atoms with Crippen LogP contribution in [0.1, 0.15) is 54.9 Å². The molecule has 26 heavy (non-hydrogen) atoms. The zero-order valence-electron chi connectivity index (χ0n) is 15.0. The van der Waals surface area contributed by atoms with E-state index in [4.69, 9.17) is 16.7 Å². The standard InChI is InChI=1S/C19H26ClNO4S/c1-3-17(19-14(2)8-6-11-16(19)20)26(24,25)21-13-5-4-9-15(21)10-7-12-18(22)23/h3,6,8,11,15,17H,1,4-5,7,9-10,12-13H2,2H3,(H,22,23). The number of carboxylic acid groups (broad SMARTS) is 1. The Hall–Kier alpha value is -1.37. The van der Waals surface area contributed by atoms with E-state index < -0.39 is 21.2 Å². The third-order valence-corrected chi connectivity index (χ3v) is 7.45. The van der Waals surface area contributed by atoms with E-state index in [9.17, 15) is 13.2 Å². The van der Waals surface area contributed by atoms with Gasteiger partial charge in [0.2, 0.25) is 10.0 Å². The van der Waals surface area contributed by atoms with Crippen LogP contribution >= 0.6 is 11.6 Å². The molecule has 0 saturated carbocycles. The van der Waals surface area contributed by atoms with Crippen LogP contribution in [0.2, 0.25) is 5.02 Å². The number of carbonyl (C=O) groups is 1. The Morgan fingerprint density at radius 2 is 2.19 bits per heavy atom. The van der Waals surface area contributed by atoms with Gasteiger partial charge in [0.05, 0.1) is 0 Å². The zero-order valence-corrected chi connectivity index (χ0v) is 16.6. The van der Waals surface area contributed by atoms with Gasteiger partial charge in [-0.1, -0.05) is 36.2 Å². The molecule has 1 saturated heterocycles. The highest BCUT2D eigenvalue weighted by Crippen LogP contribution is 2.37. The lowest BCUT2D eigenvalue weighted by Crippen LogP contribution is -2.45. The van der Waals surface area contributed by atoms with Crippen LogP contribution in [0.4, 0.5) is 0 Å². The van der Waals surface area contributed by atoms with Gasteiger partial charge < -0.3 is 5.11 Å². The normalized spacial score (nSPS) is 19.8. The molecule has 1 aliphatic rings. The summed E-state index contributed by atoms with van der Waals surface area (Å²) < 4.78 is 28.4. The molecule has 1 aliphatic heterocycles. The summed E-state index contributed by atoms with van der Waals surface area (Å²) in [4.78, 5) is 10.8. The molecule has 0 amide bonds. The summed E-state index contributed by atoms with van der Waals surface area (Å²) >= 11 is 6.31. The molecular weight excluding hydrogens is 374 g/mol. The molecule has 1 heterocycles. The van der Waals surface area contributed by atoms with Crippen molar-refractivity contribution >= 4 is 27.6 Å². The van der Waals surface area contributed by atoms with Gasteiger partial charge in [-0.15, -0.1) is 6.58 Å². The van der Waals surface area contributed by atoms with Crippen molar-refractivity contribution in [1.29, 1.82) is 0 Å². The van der Waals surface area contributed by atoms with Crippen molar-refractivity contribution in [2.75, 3.05) is 6.54 Å². The molecule has 7 heteroatoms. The van der Waals surface area contributed by atoms with Gasteiger partial charge in [0.1, 0.15) is 5.25 Å². The van der Waals surface area contributed by atoms with Crippen molar-refractivity contribution in [3.8, 4) is 0 Å². The van der Waals surface area contributed by atoms with E-state index in [1.165, 1.54) is 6.08 Å². The maximum atomic E-state index is 13.4. The molecule has 0 radical (unpaired) electrons. The van der Waals surface area contributed by atoms with Crippen LogP contribution in [0.25, 0.3) is 0 Å². The first-order valence-corrected chi connectivity index (χ1v) is 10.8. The fraction of sp³-hybridized carbons (Fsp3) is 0.526. The number of carboxylic acids is 1. The molecule has 5 nitrogen and oxygen atoms in total. The number of rotatable bonds is 8. The minimum absolute atomic E-state index is 0.0545. The van der Waals surface area contributed by atoms with E-state index in [1.807, 2.05) is 13.0 Å². The van der Waals surface area contributed by atoms with Gasteiger partial charge in [0, 0.05) is 24.0 Å². The second-order valence-electron chi connectivity index (χ2n) is 6.72. The van der Waals surface area contributed by atoms with Crippen LogP contribution < -0.4 is 0 Å². The molecule has 0 bridgehead atoms. The SMILES string of the molecule is C=CC(c1c(C)cccc1Cl)S(=O)(=O)N1CCCCC1CCCC(=O)O. The lowest BCUT2D eigenvalue weighted by Gasteiger charge is -2.37. The van der Waals surface area contributed by atoms with Gasteiger partial charge in [-0.3, -0.25) is 4.79 Å². The largest absolute Gasteiger partial charge is 0.481 e. The van der Waals surface area contributed by atoms with E-state index in [1.54, 1.807) is 16.4 Å². The fourth-order valence-electron chi connectivity index (χ4n) is 3.63. The van der Waals surface area contributed by atoms with Gasteiger partial charge in [0.15, 0.2) is 0 Å². The molecule has 2 atom stereocenters. The average Bonchev–Trinajstić information content (AvgIpc) is 2.58. The fourth-order valence-corrected chi connectivity index (χ4v) is 6.19. The highest BCUT2D eigenvalue weighted by molar-refractivity contribution is 7.89. The quantitative estimate of drug-likeness (QED) is 0.660. The molecule has 1 N–H and O–H groups in total. The van der Waals surface area contributed by atoms with E-state index in [2.05, 4.69) is 6.58 Å². The predicted molar refractivity (Wildman–Crippen MR) is 104 cm³/mol. The number of aliphatic carboxylic acids is 1. The van der Waals surface area contributed by atoms with Gasteiger partial charge in [-0.25, -0.2) is 8.42 Å². The molecule has 2 unspecified atom stereocenters. The second-order valence-corrected chi connectivity index (χ2v) is 9.13. The number of piperidine rings is 1. The van der Waals surface area contributed by atoms with Crippen LogP contribution in [0, 0.1) is 6.92 Å². The van der Waals surface area contributed by atoms with Crippen LogP contribution in [-0.2, 0) is 14.8 Å². The first-order valence-electron chi connectivity index (χ1n) is 8.89. The van der Waals surface area contributed by atoms with Crippen molar-refractivity contribution < 1.29 is 18.3 Å². The molecule has 2 rings (SSSR count). The van der Waals surface area contributed by atoms with Gasteiger partial charge >= 0.3 is 5.97 Å². The number of aryl methyl sites for hydroxylation is 1. The number of hydrogen-bond donors (Lipinski definition) is 1. The summed E-state index contributed by atoms with van der Waals surface area (Å²) in [7, 11) is -3.69. The number of hydrogen-bond acceptors (Lipinski definition) is 3. The van der Waals surface area contributed by atoms with E-state index in [0.717, 1.165) is 24.8 Å². The first kappa shape index (κ1) is 20.9. The average molecular weight is 400 g/mol. The summed E-state index contributed by atoms with van der Waals surface area (Å²) in [5, 5.41) is 8.35. The lowest BCUT2D eigenvalue weighted by molar-refractivity contribution is -0.137. The highest BCUT2D eigenvalue weighted by Gasteiger charge is 2.38. The summed E-state index contributed by atoms with van der Waals surface area (Å²) in [6.45, 7) is 6.04. The van der Waals surface area contributed by atoms with Crippen molar-refractivity contribution in [1.82, 2.24) is 4.31 Å². The maximum absolute atomic E-state index is 13.4. The smallest absolute Gasteiger partial charge is 0.303 e. The van der Waals surface area contributed by atoms with E-state index in [-0.39, 0.29) is 12.5 Å². The summed E-state index contributed by atoms with van der Waals surface area (Å²) in [6, 6.07) is 5.16. The Bertz CT molecular complexity index is 743. The highest BCUT2D eigenvalue weighted by atomic mass is 35.5. The molecule has 1 aromatic carbocycles. The molecular formula is C19H26ClNO4S. The topological polar surface area (TPSA) is 74.7 Å². The molecule has 144 valence electrons. The second kappa shape index (κ2) is 9.02. The Labute approximate surface area is 160 Å². The Balaban J connectivity index is 2.32. The van der Waals surface area contributed by atoms with Crippen LogP contribution in [0.3, 0.4) is 0 Å². The zero-order chi connectivity index (χ0) is 19.3. The monoisotopic (exact) mass is 399 g/mol. The first-order chi connectivity index (χ1) is 12.3. The Kier molecular flexibility index (Phi) is 7.26. The van der Waals surface area contributed by atoms with E-state index >= 15 is 0 Å². The minimum atomic E-state index is -3.69. The van der Waals surface area contributed by atoms with Gasteiger partial charge in [-0.2, -0.15) is 4.31 Å². The van der Waals surface area contributed by atoms with Crippen LogP contribution in [0.15, 0.2) is 30.9 Å². The minimum Gasteiger partial charge on any atom is -0.481 e. The van der Waals surface area contributed by atoms with Gasteiger partial charge in [0.25, 0.3) is 0 Å². The lowest BCUT2D eigenvalue weighted by atomic mass is 10.00. The van der Waals surface area contributed by atoms with Crippen molar-refractivity contribution in [2.24, 2.45) is 0 Å².